The fourth-order valence-corrected chi connectivity index (χ4v) is 1.95. The Kier molecular flexibility index (Phi) is 4.74. The van der Waals surface area contributed by atoms with Crippen LogP contribution in [0.1, 0.15) is 11.1 Å². The van der Waals surface area contributed by atoms with Gasteiger partial charge in [-0.15, -0.1) is 0 Å². The van der Waals surface area contributed by atoms with E-state index in [0.29, 0.717) is 28.0 Å². The number of pyridine rings is 1. The summed E-state index contributed by atoms with van der Waals surface area (Å²) in [5.41, 5.74) is 4.19. The summed E-state index contributed by atoms with van der Waals surface area (Å²) >= 11 is 12.1. The Morgan fingerprint density at radius 3 is 2.79 bits per heavy atom. The average molecular weight is 295 g/mol. The second kappa shape index (κ2) is 6.52. The van der Waals surface area contributed by atoms with Gasteiger partial charge in [0.05, 0.1) is 16.6 Å². The fraction of sp³-hybridized carbons (Fsp3) is 0.0769. The first-order valence-corrected chi connectivity index (χ1v) is 6.32. The topological polar surface area (TPSA) is 63.3 Å². The summed E-state index contributed by atoms with van der Waals surface area (Å²) < 4.78 is 0. The highest BCUT2D eigenvalue weighted by Gasteiger charge is 2.09. The maximum absolute atomic E-state index is 6.13. The maximum atomic E-state index is 6.13. The zero-order valence-corrected chi connectivity index (χ0v) is 11.5. The zero-order chi connectivity index (χ0) is 13.7. The van der Waals surface area contributed by atoms with Gasteiger partial charge in [0.15, 0.2) is 0 Å². The van der Waals surface area contributed by atoms with Gasteiger partial charge in [0.2, 0.25) is 0 Å². The van der Waals surface area contributed by atoms with Gasteiger partial charge in [-0.25, -0.2) is 5.84 Å². The smallest absolute Gasteiger partial charge is 0.144 e. The van der Waals surface area contributed by atoms with Crippen molar-refractivity contribution in [3.8, 4) is 0 Å². The SMILES string of the molecule is NNC(=NCc1cccnc1)c1cccc(Cl)c1Cl. The van der Waals surface area contributed by atoms with E-state index in [1.165, 1.54) is 0 Å². The van der Waals surface area contributed by atoms with Gasteiger partial charge < -0.3 is 5.43 Å². The predicted octanol–water partition coefficient (Wildman–Crippen LogP) is 2.80. The van der Waals surface area contributed by atoms with Gasteiger partial charge in [-0.2, -0.15) is 0 Å². The van der Waals surface area contributed by atoms with Gasteiger partial charge in [0, 0.05) is 18.0 Å². The number of benzene rings is 1. The van der Waals surface area contributed by atoms with Crippen LogP contribution in [0.15, 0.2) is 47.7 Å². The maximum Gasteiger partial charge on any atom is 0.144 e. The number of halogens is 2. The third-order valence-corrected chi connectivity index (χ3v) is 3.30. The first-order valence-electron chi connectivity index (χ1n) is 5.56. The second-order valence-corrected chi connectivity index (χ2v) is 4.56. The van der Waals surface area contributed by atoms with Gasteiger partial charge in [-0.3, -0.25) is 9.98 Å². The zero-order valence-electron chi connectivity index (χ0n) is 9.98. The molecule has 0 aliphatic heterocycles. The largest absolute Gasteiger partial charge is 0.308 e. The van der Waals surface area contributed by atoms with Gasteiger partial charge in [0.1, 0.15) is 5.84 Å². The summed E-state index contributed by atoms with van der Waals surface area (Å²) in [6, 6.07) is 9.09. The lowest BCUT2D eigenvalue weighted by molar-refractivity contribution is 0.968. The number of hydrogen-bond donors (Lipinski definition) is 2. The minimum Gasteiger partial charge on any atom is -0.308 e. The number of hydrogen-bond acceptors (Lipinski definition) is 3. The summed E-state index contributed by atoms with van der Waals surface area (Å²) in [6.45, 7) is 0.455. The minimum atomic E-state index is 0.423. The van der Waals surface area contributed by atoms with Gasteiger partial charge >= 0.3 is 0 Å². The van der Waals surface area contributed by atoms with E-state index >= 15 is 0 Å². The summed E-state index contributed by atoms with van der Waals surface area (Å²) in [5.74, 6) is 5.97. The van der Waals surface area contributed by atoms with Crippen molar-refractivity contribution < 1.29 is 0 Å². The molecule has 1 heterocycles. The molecule has 0 aliphatic rings. The van der Waals surface area contributed by atoms with Crippen molar-refractivity contribution >= 4 is 29.0 Å². The molecule has 0 amide bonds. The van der Waals surface area contributed by atoms with Crippen LogP contribution in [0.4, 0.5) is 0 Å². The summed E-state index contributed by atoms with van der Waals surface area (Å²) in [5, 5.41) is 0.885. The van der Waals surface area contributed by atoms with Crippen molar-refractivity contribution in [3.05, 3.63) is 63.9 Å². The lowest BCUT2D eigenvalue weighted by Crippen LogP contribution is -2.31. The Hall–Kier alpha value is -1.62. The number of amidine groups is 1. The van der Waals surface area contributed by atoms with Crippen molar-refractivity contribution in [2.24, 2.45) is 10.8 Å². The lowest BCUT2D eigenvalue weighted by Gasteiger charge is -2.09. The molecule has 2 aromatic rings. The molecule has 0 bridgehead atoms. The molecule has 1 aromatic heterocycles. The molecule has 0 fully saturated rings. The molecule has 4 nitrogen and oxygen atoms in total. The summed E-state index contributed by atoms with van der Waals surface area (Å²) in [6.07, 6.45) is 3.46. The van der Waals surface area contributed by atoms with Crippen molar-refractivity contribution in [1.82, 2.24) is 10.4 Å². The Morgan fingerprint density at radius 2 is 2.11 bits per heavy atom. The highest BCUT2D eigenvalue weighted by Crippen LogP contribution is 2.25. The molecule has 0 saturated heterocycles. The normalized spacial score (nSPS) is 11.4. The molecule has 0 aliphatic carbocycles. The van der Waals surface area contributed by atoms with Crippen LogP contribution in [0.25, 0.3) is 0 Å². The van der Waals surface area contributed by atoms with Crippen LogP contribution in [-0.2, 0) is 6.54 Å². The van der Waals surface area contributed by atoms with Crippen LogP contribution in [-0.4, -0.2) is 10.8 Å². The van der Waals surface area contributed by atoms with Crippen LogP contribution in [0.5, 0.6) is 0 Å². The molecule has 2 rings (SSSR count). The van der Waals surface area contributed by atoms with E-state index in [4.69, 9.17) is 29.0 Å². The molecule has 1 aromatic carbocycles. The van der Waals surface area contributed by atoms with Crippen molar-refractivity contribution in [2.45, 2.75) is 6.54 Å². The van der Waals surface area contributed by atoms with Gasteiger partial charge in [0.25, 0.3) is 0 Å². The Labute approximate surface area is 121 Å². The van der Waals surface area contributed by atoms with Crippen LogP contribution < -0.4 is 11.3 Å². The molecule has 98 valence electrons. The Balaban J connectivity index is 2.27. The van der Waals surface area contributed by atoms with Crippen LogP contribution in [0.3, 0.4) is 0 Å². The van der Waals surface area contributed by atoms with E-state index in [0.717, 1.165) is 5.56 Å². The summed E-state index contributed by atoms with van der Waals surface area (Å²) in [4.78, 5) is 8.41. The van der Waals surface area contributed by atoms with Crippen molar-refractivity contribution in [1.29, 1.82) is 0 Å². The second-order valence-electron chi connectivity index (χ2n) is 3.77. The van der Waals surface area contributed by atoms with E-state index in [1.54, 1.807) is 30.6 Å². The number of nitrogens with one attached hydrogen (secondary N) is 1. The number of rotatable bonds is 3. The van der Waals surface area contributed by atoms with Crippen molar-refractivity contribution in [2.75, 3.05) is 0 Å². The molecule has 0 saturated carbocycles. The molecule has 6 heteroatoms. The molecular weight excluding hydrogens is 283 g/mol. The van der Waals surface area contributed by atoms with Gasteiger partial charge in [-0.1, -0.05) is 35.3 Å². The standard InChI is InChI=1S/C13H12Cl2N4/c14-11-5-1-4-10(12(11)15)13(19-16)18-8-9-3-2-6-17-7-9/h1-7H,8,16H2,(H,18,19). The van der Waals surface area contributed by atoms with Crippen LogP contribution in [0.2, 0.25) is 10.0 Å². The van der Waals surface area contributed by atoms with Crippen LogP contribution in [0, 0.1) is 0 Å². The van der Waals surface area contributed by atoms with E-state index in [-0.39, 0.29) is 0 Å². The lowest BCUT2D eigenvalue weighted by atomic mass is 10.2. The molecule has 0 spiro atoms. The van der Waals surface area contributed by atoms with E-state index < -0.39 is 0 Å². The number of nitrogens with zero attached hydrogens (tertiary/aromatic N) is 2. The predicted molar refractivity (Wildman–Crippen MR) is 78.3 cm³/mol. The first-order chi connectivity index (χ1) is 9.22. The fourth-order valence-electron chi connectivity index (χ4n) is 1.56. The highest BCUT2D eigenvalue weighted by molar-refractivity contribution is 6.44. The highest BCUT2D eigenvalue weighted by atomic mass is 35.5. The average Bonchev–Trinajstić information content (AvgIpc) is 2.45. The quantitative estimate of drug-likeness (QED) is 0.396. The monoisotopic (exact) mass is 294 g/mol. The first kappa shape index (κ1) is 13.8. The van der Waals surface area contributed by atoms with E-state index in [1.807, 2.05) is 12.1 Å². The molecule has 0 radical (unpaired) electrons. The molecule has 3 N–H and O–H groups in total. The number of nitrogens with two attached hydrogens (primary N) is 1. The minimum absolute atomic E-state index is 0.423. The Bertz CT molecular complexity index is 584. The number of aromatic nitrogens is 1. The van der Waals surface area contributed by atoms with E-state index in [2.05, 4.69) is 15.4 Å². The third-order valence-electron chi connectivity index (χ3n) is 2.49. The van der Waals surface area contributed by atoms with Crippen LogP contribution >= 0.6 is 23.2 Å². The van der Waals surface area contributed by atoms with E-state index in [9.17, 15) is 0 Å². The number of aliphatic imine (C=N–C) groups is 1. The molecular formula is C13H12Cl2N4. The molecule has 0 atom stereocenters. The molecule has 0 unspecified atom stereocenters. The Morgan fingerprint density at radius 1 is 1.26 bits per heavy atom. The molecule has 19 heavy (non-hydrogen) atoms. The van der Waals surface area contributed by atoms with Gasteiger partial charge in [-0.05, 0) is 23.8 Å². The van der Waals surface area contributed by atoms with Crippen molar-refractivity contribution in [3.63, 3.8) is 0 Å². The third kappa shape index (κ3) is 3.44. The number of hydrazine groups is 1. The summed E-state index contributed by atoms with van der Waals surface area (Å²) in [7, 11) is 0.